The third-order valence-electron chi connectivity index (χ3n) is 2.42. The zero-order valence-electron chi connectivity index (χ0n) is 9.19. The third kappa shape index (κ3) is 6.08. The molecule has 4 nitrogen and oxygen atoms in total. The highest BCUT2D eigenvalue weighted by Gasteiger charge is 2.27. The molecule has 0 aromatic carbocycles. The Balaban J connectivity index is 2.16. The second-order valence-electron chi connectivity index (χ2n) is 4.00. The van der Waals surface area contributed by atoms with Crippen LogP contribution in [0.1, 0.15) is 6.42 Å². The van der Waals surface area contributed by atoms with Gasteiger partial charge >= 0.3 is 0 Å². The molecule has 1 rings (SSSR count). The number of hydrogen-bond acceptors (Lipinski definition) is 4. The van der Waals surface area contributed by atoms with E-state index in [1.807, 2.05) is 0 Å². The maximum absolute atomic E-state index is 11.2. The van der Waals surface area contributed by atoms with Crippen molar-refractivity contribution in [3.8, 4) is 0 Å². The van der Waals surface area contributed by atoms with E-state index in [0.717, 1.165) is 0 Å². The number of nitrogens with one attached hydrogen (secondary N) is 1. The Hall–Kier alpha value is 0.220. The SMILES string of the molecule is O=S1(=O)CCC(CNC(=S)OCC(Cl)CCl)C1. The van der Waals surface area contributed by atoms with Crippen molar-refractivity contribution in [2.75, 3.05) is 30.5 Å². The fourth-order valence-corrected chi connectivity index (χ4v) is 3.69. The second-order valence-corrected chi connectivity index (χ2v) is 7.53. The summed E-state index contributed by atoms with van der Waals surface area (Å²) in [6.07, 6.45) is 0.678. The number of ether oxygens (including phenoxy) is 1. The van der Waals surface area contributed by atoms with Crippen LogP contribution in [0.15, 0.2) is 0 Å². The van der Waals surface area contributed by atoms with Crippen molar-refractivity contribution in [3.63, 3.8) is 0 Å². The molecule has 1 aliphatic rings. The van der Waals surface area contributed by atoms with Crippen molar-refractivity contribution in [1.82, 2.24) is 5.32 Å². The highest BCUT2D eigenvalue weighted by atomic mass is 35.5. The Morgan fingerprint density at radius 1 is 1.59 bits per heavy atom. The van der Waals surface area contributed by atoms with Gasteiger partial charge in [-0.2, -0.15) is 0 Å². The molecule has 0 aromatic rings. The molecule has 1 aliphatic heterocycles. The lowest BCUT2D eigenvalue weighted by Crippen LogP contribution is -2.31. The second kappa shape index (κ2) is 6.97. The van der Waals surface area contributed by atoms with E-state index >= 15 is 0 Å². The molecule has 1 fully saturated rings. The quantitative estimate of drug-likeness (QED) is 0.608. The predicted molar refractivity (Wildman–Crippen MR) is 73.7 cm³/mol. The van der Waals surface area contributed by atoms with Crippen molar-refractivity contribution in [2.24, 2.45) is 5.92 Å². The van der Waals surface area contributed by atoms with Gasteiger partial charge in [-0.05, 0) is 24.6 Å². The predicted octanol–water partition coefficient (Wildman–Crippen LogP) is 1.16. The molecular weight excluding hydrogens is 305 g/mol. The molecule has 100 valence electrons. The van der Waals surface area contributed by atoms with E-state index in [9.17, 15) is 8.42 Å². The van der Waals surface area contributed by atoms with Crippen LogP contribution < -0.4 is 5.32 Å². The number of halogens is 2. The van der Waals surface area contributed by atoms with E-state index < -0.39 is 9.84 Å². The lowest BCUT2D eigenvalue weighted by Gasteiger charge is -2.13. The average Bonchev–Trinajstić information content (AvgIpc) is 2.63. The Morgan fingerprint density at radius 3 is 2.82 bits per heavy atom. The van der Waals surface area contributed by atoms with Crippen molar-refractivity contribution in [2.45, 2.75) is 11.8 Å². The van der Waals surface area contributed by atoms with Crippen LogP contribution >= 0.6 is 35.4 Å². The van der Waals surface area contributed by atoms with Gasteiger partial charge < -0.3 is 10.1 Å². The summed E-state index contributed by atoms with van der Waals surface area (Å²) in [5, 5.41) is 2.85. The van der Waals surface area contributed by atoms with Crippen molar-refractivity contribution in [3.05, 3.63) is 0 Å². The molecular formula is C9H15Cl2NO3S2. The van der Waals surface area contributed by atoms with Crippen LogP contribution in [0.5, 0.6) is 0 Å². The summed E-state index contributed by atoms with van der Waals surface area (Å²) < 4.78 is 27.6. The molecule has 1 heterocycles. The first-order valence-electron chi connectivity index (χ1n) is 5.24. The Labute approximate surface area is 117 Å². The first-order valence-corrected chi connectivity index (χ1v) is 8.44. The Bertz CT molecular complexity index is 361. The highest BCUT2D eigenvalue weighted by Crippen LogP contribution is 2.17. The molecule has 1 saturated heterocycles. The van der Waals surface area contributed by atoms with E-state index in [2.05, 4.69) is 5.32 Å². The molecule has 8 heteroatoms. The van der Waals surface area contributed by atoms with Crippen LogP contribution in [-0.4, -0.2) is 49.5 Å². The summed E-state index contributed by atoms with van der Waals surface area (Å²) in [5.74, 6) is 0.901. The minimum Gasteiger partial charge on any atom is -0.469 e. The molecule has 2 atom stereocenters. The maximum Gasteiger partial charge on any atom is 0.256 e. The lowest BCUT2D eigenvalue weighted by atomic mass is 10.1. The highest BCUT2D eigenvalue weighted by molar-refractivity contribution is 7.91. The average molecular weight is 320 g/mol. The molecule has 0 amide bonds. The van der Waals surface area contributed by atoms with Crippen LogP contribution in [0.4, 0.5) is 0 Å². The van der Waals surface area contributed by atoms with Crippen LogP contribution in [0, 0.1) is 5.92 Å². The van der Waals surface area contributed by atoms with Gasteiger partial charge in [-0.15, -0.1) is 23.2 Å². The first kappa shape index (κ1) is 15.3. The molecule has 2 unspecified atom stereocenters. The van der Waals surface area contributed by atoms with Gasteiger partial charge in [-0.1, -0.05) is 0 Å². The first-order chi connectivity index (χ1) is 7.93. The molecule has 0 radical (unpaired) electrons. The Morgan fingerprint density at radius 2 is 2.29 bits per heavy atom. The molecule has 0 bridgehead atoms. The summed E-state index contributed by atoms with van der Waals surface area (Å²) in [6.45, 7) is 0.770. The topological polar surface area (TPSA) is 55.4 Å². The van der Waals surface area contributed by atoms with E-state index in [0.29, 0.717) is 18.8 Å². The third-order valence-corrected chi connectivity index (χ3v) is 5.33. The normalized spacial score (nSPS) is 24.2. The number of thiocarbonyl (C=S) groups is 1. The summed E-state index contributed by atoms with van der Waals surface area (Å²) in [7, 11) is -2.84. The molecule has 0 saturated carbocycles. The number of sulfone groups is 1. The summed E-state index contributed by atoms with van der Waals surface area (Å²) in [6, 6.07) is 0. The largest absolute Gasteiger partial charge is 0.469 e. The van der Waals surface area contributed by atoms with Gasteiger partial charge in [-0.3, -0.25) is 0 Å². The van der Waals surface area contributed by atoms with Crippen molar-refractivity contribution in [1.29, 1.82) is 0 Å². The maximum atomic E-state index is 11.2. The molecule has 0 aliphatic carbocycles. The van der Waals surface area contributed by atoms with Gasteiger partial charge in [0.25, 0.3) is 5.17 Å². The fraction of sp³-hybridized carbons (Fsp3) is 0.889. The lowest BCUT2D eigenvalue weighted by molar-refractivity contribution is 0.299. The van der Waals surface area contributed by atoms with E-state index in [1.54, 1.807) is 0 Å². The van der Waals surface area contributed by atoms with Crippen molar-refractivity contribution < 1.29 is 13.2 Å². The van der Waals surface area contributed by atoms with Crippen molar-refractivity contribution >= 4 is 50.4 Å². The van der Waals surface area contributed by atoms with Gasteiger partial charge in [0, 0.05) is 12.4 Å². The van der Waals surface area contributed by atoms with Crippen LogP contribution in [-0.2, 0) is 14.6 Å². The summed E-state index contributed by atoms with van der Waals surface area (Å²) in [4.78, 5) is 0. The smallest absolute Gasteiger partial charge is 0.256 e. The van der Waals surface area contributed by atoms with E-state index in [-0.39, 0.29) is 34.6 Å². The molecule has 0 spiro atoms. The van der Waals surface area contributed by atoms with Gasteiger partial charge in [0.1, 0.15) is 6.61 Å². The van der Waals surface area contributed by atoms with E-state index in [1.165, 1.54) is 0 Å². The minimum absolute atomic E-state index is 0.112. The van der Waals surface area contributed by atoms with Crippen LogP contribution in [0.2, 0.25) is 0 Å². The Kier molecular flexibility index (Phi) is 6.26. The summed E-state index contributed by atoms with van der Waals surface area (Å²) >= 11 is 16.2. The van der Waals surface area contributed by atoms with Gasteiger partial charge in [0.15, 0.2) is 9.84 Å². The zero-order chi connectivity index (χ0) is 12.9. The van der Waals surface area contributed by atoms with Gasteiger partial charge in [-0.25, -0.2) is 8.42 Å². The zero-order valence-corrected chi connectivity index (χ0v) is 12.3. The van der Waals surface area contributed by atoms with Crippen LogP contribution in [0.3, 0.4) is 0 Å². The fourth-order valence-electron chi connectivity index (χ4n) is 1.52. The van der Waals surface area contributed by atoms with Gasteiger partial charge in [0.05, 0.1) is 16.9 Å². The summed E-state index contributed by atoms with van der Waals surface area (Å²) in [5.41, 5.74) is 0. The standard InChI is InChI=1S/C9H15Cl2NO3S2/c10-3-8(11)5-15-9(16)12-4-7-1-2-17(13,14)6-7/h7-8H,1-6H2,(H,12,16). The number of rotatable bonds is 5. The molecule has 0 aromatic heterocycles. The van der Waals surface area contributed by atoms with Crippen LogP contribution in [0.25, 0.3) is 0 Å². The van der Waals surface area contributed by atoms with Gasteiger partial charge in [0.2, 0.25) is 0 Å². The molecule has 17 heavy (non-hydrogen) atoms. The number of alkyl halides is 2. The molecule has 1 N–H and O–H groups in total. The minimum atomic E-state index is -2.84. The van der Waals surface area contributed by atoms with E-state index in [4.69, 9.17) is 40.2 Å². The number of hydrogen-bond donors (Lipinski definition) is 1. The monoisotopic (exact) mass is 319 g/mol.